The zero-order valence-electron chi connectivity index (χ0n) is 8.20. The van der Waals surface area contributed by atoms with Crippen molar-refractivity contribution in [3.05, 3.63) is 23.2 Å². The second-order valence-corrected chi connectivity index (χ2v) is 3.43. The van der Waals surface area contributed by atoms with Crippen LogP contribution in [0.3, 0.4) is 0 Å². The molecule has 0 saturated heterocycles. The number of H-pyrrole nitrogens is 1. The van der Waals surface area contributed by atoms with Gasteiger partial charge in [-0.15, -0.1) is 0 Å². The molecule has 2 rings (SSSR count). The van der Waals surface area contributed by atoms with Crippen molar-refractivity contribution in [3.63, 3.8) is 0 Å². The average molecular weight is 241 g/mol. The minimum absolute atomic E-state index is 0.113. The van der Waals surface area contributed by atoms with Crippen molar-refractivity contribution >= 4 is 28.5 Å². The predicted octanol–water partition coefficient (Wildman–Crippen LogP) is 0.333. The van der Waals surface area contributed by atoms with Crippen molar-refractivity contribution in [2.45, 2.75) is 0 Å². The number of nitrogens with zero attached hydrogens (tertiary/aromatic N) is 2. The quantitative estimate of drug-likeness (QED) is 0.675. The normalized spacial score (nSPS) is 10.6. The molecule has 0 spiro atoms. The summed E-state index contributed by atoms with van der Waals surface area (Å²) in [5.74, 6) is -0.322. The summed E-state index contributed by atoms with van der Waals surface area (Å²) in [7, 11) is 0. The van der Waals surface area contributed by atoms with Gasteiger partial charge in [-0.3, -0.25) is 4.79 Å². The monoisotopic (exact) mass is 240 g/mol. The van der Waals surface area contributed by atoms with Crippen LogP contribution in [0.15, 0.2) is 12.5 Å². The topological polar surface area (TPSA) is 90.9 Å². The molecular formula is C9H9ClN4O2. The van der Waals surface area contributed by atoms with Gasteiger partial charge in [-0.1, -0.05) is 11.6 Å². The van der Waals surface area contributed by atoms with Crippen molar-refractivity contribution in [2.75, 3.05) is 13.2 Å². The number of aliphatic hydroxyl groups is 1. The second-order valence-electron chi connectivity index (χ2n) is 3.07. The van der Waals surface area contributed by atoms with Crippen LogP contribution in [0.5, 0.6) is 0 Å². The minimum Gasteiger partial charge on any atom is -0.395 e. The van der Waals surface area contributed by atoms with Gasteiger partial charge in [-0.2, -0.15) is 0 Å². The summed E-state index contributed by atoms with van der Waals surface area (Å²) in [6, 6.07) is 0. The first-order chi connectivity index (χ1) is 7.74. The Labute approximate surface area is 95.7 Å². The molecule has 6 nitrogen and oxygen atoms in total. The van der Waals surface area contributed by atoms with Crippen LogP contribution >= 0.6 is 11.6 Å². The lowest BCUT2D eigenvalue weighted by molar-refractivity contribution is 0.0946. The first-order valence-electron chi connectivity index (χ1n) is 4.60. The van der Waals surface area contributed by atoms with Crippen LogP contribution in [-0.2, 0) is 0 Å². The fraction of sp³-hybridized carbons (Fsp3) is 0.222. The summed E-state index contributed by atoms with van der Waals surface area (Å²) in [4.78, 5) is 22.3. The number of carbonyl (C=O) groups is 1. The number of nitrogens with one attached hydrogen (secondary N) is 2. The molecule has 7 heteroatoms. The molecule has 3 N–H and O–H groups in total. The van der Waals surface area contributed by atoms with Crippen molar-refractivity contribution in [1.29, 1.82) is 0 Å². The molecule has 0 aromatic carbocycles. The number of rotatable bonds is 3. The number of hydrogen-bond acceptors (Lipinski definition) is 4. The summed E-state index contributed by atoms with van der Waals surface area (Å²) in [6.45, 7) is 0.0785. The lowest BCUT2D eigenvalue weighted by Gasteiger charge is -2.01. The van der Waals surface area contributed by atoms with Gasteiger partial charge in [0.2, 0.25) is 0 Å². The molecule has 0 atom stereocenters. The van der Waals surface area contributed by atoms with Crippen LogP contribution in [0, 0.1) is 0 Å². The van der Waals surface area contributed by atoms with Crippen molar-refractivity contribution < 1.29 is 9.90 Å². The second kappa shape index (κ2) is 4.46. The number of aromatic amines is 1. The maximum absolute atomic E-state index is 11.7. The molecule has 2 aromatic rings. The van der Waals surface area contributed by atoms with Crippen LogP contribution in [0.25, 0.3) is 11.0 Å². The molecule has 1 amide bonds. The highest BCUT2D eigenvalue weighted by atomic mass is 35.5. The third-order valence-electron chi connectivity index (χ3n) is 2.07. The maximum atomic E-state index is 11.7. The minimum atomic E-state index is -0.322. The number of halogens is 1. The molecule has 0 aliphatic rings. The fourth-order valence-corrected chi connectivity index (χ4v) is 1.60. The van der Waals surface area contributed by atoms with Crippen molar-refractivity contribution in [1.82, 2.24) is 20.3 Å². The molecule has 0 aliphatic carbocycles. The number of carbonyl (C=O) groups excluding carboxylic acids is 1. The van der Waals surface area contributed by atoms with E-state index in [1.165, 1.54) is 12.5 Å². The summed E-state index contributed by atoms with van der Waals surface area (Å²) in [5, 5.41) is 11.8. The van der Waals surface area contributed by atoms with Crippen LogP contribution in [0.2, 0.25) is 5.15 Å². The van der Waals surface area contributed by atoms with Gasteiger partial charge in [0.25, 0.3) is 5.91 Å². The Hall–Kier alpha value is -1.66. The van der Waals surface area contributed by atoms with E-state index in [1.54, 1.807) is 0 Å². The molecule has 84 valence electrons. The maximum Gasteiger partial charge on any atom is 0.253 e. The third kappa shape index (κ3) is 1.84. The highest BCUT2D eigenvalue weighted by Crippen LogP contribution is 2.22. The van der Waals surface area contributed by atoms with Gasteiger partial charge >= 0.3 is 0 Å². The number of hydrogen-bond donors (Lipinski definition) is 3. The van der Waals surface area contributed by atoms with E-state index in [-0.39, 0.29) is 24.2 Å². The molecule has 0 radical (unpaired) electrons. The standard InChI is InChI=1S/C9H9ClN4O2/c10-7-6-5(9(16)11-1-2-15)3-12-8(6)14-4-13-7/h3-4,15H,1-2H2,(H,11,16)(H,12,13,14). The van der Waals surface area contributed by atoms with E-state index in [2.05, 4.69) is 20.3 Å². The molecule has 0 unspecified atom stereocenters. The lowest BCUT2D eigenvalue weighted by Crippen LogP contribution is -2.26. The van der Waals surface area contributed by atoms with Gasteiger partial charge in [-0.05, 0) is 0 Å². The van der Waals surface area contributed by atoms with E-state index >= 15 is 0 Å². The molecule has 0 fully saturated rings. The van der Waals surface area contributed by atoms with Crippen molar-refractivity contribution in [3.8, 4) is 0 Å². The largest absolute Gasteiger partial charge is 0.395 e. The first kappa shape index (κ1) is 10.8. The Morgan fingerprint density at radius 2 is 2.38 bits per heavy atom. The Morgan fingerprint density at radius 3 is 3.12 bits per heavy atom. The van der Waals surface area contributed by atoms with E-state index in [1.807, 2.05) is 0 Å². The van der Waals surface area contributed by atoms with Gasteiger partial charge in [0, 0.05) is 12.7 Å². The van der Waals surface area contributed by atoms with Crippen molar-refractivity contribution in [2.24, 2.45) is 0 Å². The highest BCUT2D eigenvalue weighted by molar-refractivity contribution is 6.35. The molecular weight excluding hydrogens is 232 g/mol. The molecule has 0 aliphatic heterocycles. The summed E-state index contributed by atoms with van der Waals surface area (Å²) in [5.41, 5.74) is 0.878. The van der Waals surface area contributed by atoms with Gasteiger partial charge in [0.1, 0.15) is 17.1 Å². The number of aliphatic hydroxyl groups excluding tert-OH is 1. The lowest BCUT2D eigenvalue weighted by atomic mass is 10.2. The smallest absolute Gasteiger partial charge is 0.253 e. The first-order valence-corrected chi connectivity index (χ1v) is 4.98. The van der Waals surface area contributed by atoms with Crippen LogP contribution in [0.1, 0.15) is 10.4 Å². The SMILES string of the molecule is O=C(NCCO)c1c[nH]c2ncnc(Cl)c12. The van der Waals surface area contributed by atoms with Gasteiger partial charge in [0.05, 0.1) is 17.6 Å². The Bertz CT molecular complexity index is 525. The zero-order valence-corrected chi connectivity index (χ0v) is 8.95. The third-order valence-corrected chi connectivity index (χ3v) is 2.35. The molecule has 0 bridgehead atoms. The molecule has 2 heterocycles. The molecule has 2 aromatic heterocycles. The van der Waals surface area contributed by atoms with E-state index in [0.717, 1.165) is 0 Å². The van der Waals surface area contributed by atoms with E-state index in [4.69, 9.17) is 16.7 Å². The molecule has 16 heavy (non-hydrogen) atoms. The van der Waals surface area contributed by atoms with Crippen LogP contribution in [-0.4, -0.2) is 39.1 Å². The van der Waals surface area contributed by atoms with E-state index < -0.39 is 0 Å². The highest BCUT2D eigenvalue weighted by Gasteiger charge is 2.15. The Kier molecular flexibility index (Phi) is 3.02. The predicted molar refractivity (Wildman–Crippen MR) is 58.3 cm³/mol. The Morgan fingerprint density at radius 1 is 1.56 bits per heavy atom. The van der Waals surface area contributed by atoms with Gasteiger partial charge in [0.15, 0.2) is 0 Å². The number of aromatic nitrogens is 3. The zero-order chi connectivity index (χ0) is 11.5. The van der Waals surface area contributed by atoms with Crippen LogP contribution in [0.4, 0.5) is 0 Å². The van der Waals surface area contributed by atoms with Gasteiger partial charge in [-0.25, -0.2) is 9.97 Å². The summed E-state index contributed by atoms with van der Waals surface area (Å²) in [6.07, 6.45) is 2.83. The summed E-state index contributed by atoms with van der Waals surface area (Å²) >= 11 is 5.88. The average Bonchev–Trinajstić information content (AvgIpc) is 2.71. The van der Waals surface area contributed by atoms with Gasteiger partial charge < -0.3 is 15.4 Å². The molecule has 0 saturated carbocycles. The fourth-order valence-electron chi connectivity index (χ4n) is 1.37. The van der Waals surface area contributed by atoms with E-state index in [9.17, 15) is 4.79 Å². The van der Waals surface area contributed by atoms with E-state index in [0.29, 0.717) is 16.6 Å². The number of fused-ring (bicyclic) bond motifs is 1. The summed E-state index contributed by atoms with van der Waals surface area (Å²) < 4.78 is 0. The Balaban J connectivity index is 2.41. The van der Waals surface area contributed by atoms with Crippen LogP contribution < -0.4 is 5.32 Å². The number of amides is 1.